The first-order valence-electron chi connectivity index (χ1n) is 8.39. The van der Waals surface area contributed by atoms with Crippen LogP contribution in [-0.2, 0) is 0 Å². The van der Waals surface area contributed by atoms with E-state index in [4.69, 9.17) is 0 Å². The first-order valence-corrected chi connectivity index (χ1v) is 8.39. The van der Waals surface area contributed by atoms with E-state index in [1.165, 1.54) is 0 Å². The monoisotopic (exact) mass is 342 g/mol. The number of carbonyl (C=O) groups excluding carboxylic acids is 1. The molecule has 0 saturated heterocycles. The van der Waals surface area contributed by atoms with Crippen LogP contribution in [-0.4, -0.2) is 20.3 Å². The molecule has 0 unspecified atom stereocenters. The number of nitrogens with zero attached hydrogens (tertiary/aromatic N) is 3. The summed E-state index contributed by atoms with van der Waals surface area (Å²) in [6, 6.07) is 15.4. The van der Waals surface area contributed by atoms with Gasteiger partial charge in [-0.15, -0.1) is 0 Å². The number of benzene rings is 2. The Hall–Kier alpha value is -3.47. The summed E-state index contributed by atoms with van der Waals surface area (Å²) in [5.74, 6) is 0.561. The zero-order valence-electron chi connectivity index (χ0n) is 14.6. The molecule has 0 spiro atoms. The molecule has 5 heteroatoms. The van der Waals surface area contributed by atoms with E-state index in [9.17, 15) is 4.79 Å². The SMILES string of the molecule is Cc1ccc(C)c(C(=O)Nc2ccc(-c3cn4cccnc4n3)cc2)c1. The van der Waals surface area contributed by atoms with E-state index in [0.717, 1.165) is 28.1 Å². The predicted octanol–water partition coefficient (Wildman–Crippen LogP) is 4.27. The molecule has 0 aliphatic carbocycles. The first kappa shape index (κ1) is 16.0. The summed E-state index contributed by atoms with van der Waals surface area (Å²) in [6.45, 7) is 3.92. The number of amides is 1. The molecular weight excluding hydrogens is 324 g/mol. The van der Waals surface area contributed by atoms with Crippen molar-refractivity contribution >= 4 is 17.4 Å². The maximum atomic E-state index is 12.5. The number of nitrogens with one attached hydrogen (secondary N) is 1. The van der Waals surface area contributed by atoms with Crippen LogP contribution in [0.4, 0.5) is 5.69 Å². The maximum absolute atomic E-state index is 12.5. The zero-order valence-corrected chi connectivity index (χ0v) is 14.6. The van der Waals surface area contributed by atoms with Crippen molar-refractivity contribution in [3.05, 3.63) is 83.8 Å². The maximum Gasteiger partial charge on any atom is 0.255 e. The molecule has 2 aromatic carbocycles. The van der Waals surface area contributed by atoms with Crippen LogP contribution >= 0.6 is 0 Å². The number of aryl methyl sites for hydroxylation is 2. The third-order valence-electron chi connectivity index (χ3n) is 4.31. The van der Waals surface area contributed by atoms with Crippen LogP contribution in [0.3, 0.4) is 0 Å². The Kier molecular flexibility index (Phi) is 3.97. The average Bonchev–Trinajstić information content (AvgIpc) is 3.08. The molecule has 1 N–H and O–H groups in total. The van der Waals surface area contributed by atoms with Gasteiger partial charge in [-0.3, -0.25) is 9.20 Å². The van der Waals surface area contributed by atoms with Crippen molar-refractivity contribution in [2.45, 2.75) is 13.8 Å². The molecular formula is C21H18N4O. The van der Waals surface area contributed by atoms with Gasteiger partial charge >= 0.3 is 0 Å². The van der Waals surface area contributed by atoms with Gasteiger partial charge in [-0.25, -0.2) is 9.97 Å². The summed E-state index contributed by atoms with van der Waals surface area (Å²) < 4.78 is 1.88. The highest BCUT2D eigenvalue weighted by Crippen LogP contribution is 2.21. The lowest BCUT2D eigenvalue weighted by Crippen LogP contribution is -2.13. The second-order valence-electron chi connectivity index (χ2n) is 6.30. The van der Waals surface area contributed by atoms with Crippen LogP contribution in [0.5, 0.6) is 0 Å². The van der Waals surface area contributed by atoms with Gasteiger partial charge in [0.15, 0.2) is 0 Å². The van der Waals surface area contributed by atoms with Gasteiger partial charge in [-0.2, -0.15) is 0 Å². The summed E-state index contributed by atoms with van der Waals surface area (Å²) in [5, 5.41) is 2.95. The minimum atomic E-state index is -0.101. The molecule has 0 bridgehead atoms. The van der Waals surface area contributed by atoms with E-state index in [1.54, 1.807) is 6.20 Å². The molecule has 4 rings (SSSR count). The van der Waals surface area contributed by atoms with Gasteiger partial charge in [0.05, 0.1) is 5.69 Å². The number of rotatable bonds is 3. The normalized spacial score (nSPS) is 10.8. The smallest absolute Gasteiger partial charge is 0.255 e. The van der Waals surface area contributed by atoms with Crippen molar-refractivity contribution in [3.63, 3.8) is 0 Å². The highest BCUT2D eigenvalue weighted by Gasteiger charge is 2.10. The standard InChI is InChI=1S/C21H18N4O/c1-14-4-5-15(2)18(12-14)20(26)23-17-8-6-16(7-9-17)19-13-25-11-3-10-22-21(25)24-19/h3-13H,1-2H3,(H,23,26). The van der Waals surface area contributed by atoms with Gasteiger partial charge in [0, 0.05) is 35.4 Å². The van der Waals surface area contributed by atoms with Crippen LogP contribution in [0.1, 0.15) is 21.5 Å². The quantitative estimate of drug-likeness (QED) is 0.605. The summed E-state index contributed by atoms with van der Waals surface area (Å²) in [4.78, 5) is 21.3. The molecule has 4 aromatic rings. The van der Waals surface area contributed by atoms with Gasteiger partial charge < -0.3 is 5.32 Å². The number of imidazole rings is 1. The largest absolute Gasteiger partial charge is 0.322 e. The lowest BCUT2D eigenvalue weighted by atomic mass is 10.0. The van der Waals surface area contributed by atoms with Gasteiger partial charge in [0.25, 0.3) is 5.91 Å². The van der Waals surface area contributed by atoms with Gasteiger partial charge in [-0.1, -0.05) is 29.8 Å². The van der Waals surface area contributed by atoms with E-state index in [-0.39, 0.29) is 5.91 Å². The summed E-state index contributed by atoms with van der Waals surface area (Å²) in [6.07, 6.45) is 5.57. The van der Waals surface area contributed by atoms with Crippen molar-refractivity contribution in [1.29, 1.82) is 0 Å². The van der Waals surface area contributed by atoms with Crippen LogP contribution in [0, 0.1) is 13.8 Å². The van der Waals surface area contributed by atoms with Crippen molar-refractivity contribution < 1.29 is 4.79 Å². The first-order chi connectivity index (χ1) is 12.6. The molecule has 0 aliphatic rings. The minimum Gasteiger partial charge on any atom is -0.322 e. The lowest BCUT2D eigenvalue weighted by Gasteiger charge is -2.09. The van der Waals surface area contributed by atoms with E-state index in [1.807, 2.05) is 79.2 Å². The Morgan fingerprint density at radius 3 is 2.65 bits per heavy atom. The van der Waals surface area contributed by atoms with Gasteiger partial charge in [-0.05, 0) is 43.7 Å². The third kappa shape index (κ3) is 3.07. The van der Waals surface area contributed by atoms with Crippen LogP contribution in [0.15, 0.2) is 67.1 Å². The van der Waals surface area contributed by atoms with Gasteiger partial charge in [0.2, 0.25) is 5.78 Å². The highest BCUT2D eigenvalue weighted by molar-refractivity contribution is 6.05. The molecule has 2 heterocycles. The molecule has 0 radical (unpaired) electrons. The molecule has 0 saturated carbocycles. The Morgan fingerprint density at radius 2 is 1.88 bits per heavy atom. The summed E-state index contributed by atoms with van der Waals surface area (Å²) in [5.41, 5.74) is 5.29. The minimum absolute atomic E-state index is 0.101. The number of anilines is 1. The Bertz CT molecular complexity index is 1060. The number of hydrogen-bond donors (Lipinski definition) is 1. The molecule has 1 amide bonds. The van der Waals surface area contributed by atoms with E-state index < -0.39 is 0 Å². The molecule has 0 atom stereocenters. The van der Waals surface area contributed by atoms with E-state index in [0.29, 0.717) is 11.3 Å². The molecule has 0 fully saturated rings. The van der Waals surface area contributed by atoms with Crippen molar-refractivity contribution in [2.75, 3.05) is 5.32 Å². The highest BCUT2D eigenvalue weighted by atomic mass is 16.1. The molecule has 2 aromatic heterocycles. The fraction of sp³-hybridized carbons (Fsp3) is 0.0952. The summed E-state index contributed by atoms with van der Waals surface area (Å²) >= 11 is 0. The zero-order chi connectivity index (χ0) is 18.1. The fourth-order valence-corrected chi connectivity index (χ4v) is 2.87. The van der Waals surface area contributed by atoms with Crippen molar-refractivity contribution in [3.8, 4) is 11.3 Å². The van der Waals surface area contributed by atoms with Crippen molar-refractivity contribution in [1.82, 2.24) is 14.4 Å². The third-order valence-corrected chi connectivity index (χ3v) is 4.31. The van der Waals surface area contributed by atoms with Gasteiger partial charge in [0.1, 0.15) is 0 Å². The molecule has 5 nitrogen and oxygen atoms in total. The topological polar surface area (TPSA) is 59.3 Å². The van der Waals surface area contributed by atoms with Crippen molar-refractivity contribution in [2.24, 2.45) is 0 Å². The lowest BCUT2D eigenvalue weighted by molar-refractivity contribution is 0.102. The number of carbonyl (C=O) groups is 1. The Labute approximate surface area is 151 Å². The summed E-state index contributed by atoms with van der Waals surface area (Å²) in [7, 11) is 0. The van der Waals surface area contributed by atoms with E-state index in [2.05, 4.69) is 15.3 Å². The number of aromatic nitrogens is 3. The molecule has 0 aliphatic heterocycles. The molecule has 128 valence electrons. The Morgan fingerprint density at radius 1 is 1.08 bits per heavy atom. The van der Waals surface area contributed by atoms with Crippen LogP contribution < -0.4 is 5.32 Å². The number of fused-ring (bicyclic) bond motifs is 1. The fourth-order valence-electron chi connectivity index (χ4n) is 2.87. The number of hydrogen-bond acceptors (Lipinski definition) is 3. The van der Waals surface area contributed by atoms with Crippen LogP contribution in [0.25, 0.3) is 17.0 Å². The average molecular weight is 342 g/mol. The molecule has 26 heavy (non-hydrogen) atoms. The predicted molar refractivity (Wildman–Crippen MR) is 102 cm³/mol. The Balaban J connectivity index is 1.56. The second-order valence-corrected chi connectivity index (χ2v) is 6.30. The second kappa shape index (κ2) is 6.44. The van der Waals surface area contributed by atoms with Crippen LogP contribution in [0.2, 0.25) is 0 Å². The van der Waals surface area contributed by atoms with E-state index >= 15 is 0 Å².